The number of hydrogen-bond acceptors (Lipinski definition) is 3. The molecule has 5 heteroatoms. The molecule has 1 unspecified atom stereocenters. The molecule has 1 aromatic heterocycles. The third-order valence-electron chi connectivity index (χ3n) is 2.87. The van der Waals surface area contributed by atoms with Gasteiger partial charge in [0.25, 0.3) is 5.91 Å². The molecule has 0 saturated heterocycles. The first-order valence-corrected chi connectivity index (χ1v) is 6.54. The van der Waals surface area contributed by atoms with E-state index in [1.165, 1.54) is 0 Å². The van der Waals surface area contributed by atoms with E-state index in [2.05, 4.69) is 34.4 Å². The zero-order valence-corrected chi connectivity index (χ0v) is 11.5. The van der Waals surface area contributed by atoms with Crippen LogP contribution in [0.4, 0.5) is 0 Å². The quantitative estimate of drug-likeness (QED) is 0.719. The van der Waals surface area contributed by atoms with Gasteiger partial charge in [-0.15, -0.1) is 0 Å². The topological polar surface area (TPSA) is 69.8 Å². The molecule has 1 atom stereocenters. The van der Waals surface area contributed by atoms with E-state index < -0.39 is 0 Å². The SMILES string of the molecule is CC(C)CNC(C)NC(=O)c1cccc2[nH]cnc12. The van der Waals surface area contributed by atoms with Gasteiger partial charge in [0.1, 0.15) is 5.52 Å². The van der Waals surface area contributed by atoms with Gasteiger partial charge < -0.3 is 10.3 Å². The molecule has 19 heavy (non-hydrogen) atoms. The van der Waals surface area contributed by atoms with Gasteiger partial charge in [-0.3, -0.25) is 10.1 Å². The third kappa shape index (κ3) is 3.32. The number of aromatic amines is 1. The lowest BCUT2D eigenvalue weighted by Gasteiger charge is -2.17. The lowest BCUT2D eigenvalue weighted by atomic mass is 10.1. The number of para-hydroxylation sites is 1. The van der Waals surface area contributed by atoms with Gasteiger partial charge in [0.2, 0.25) is 0 Å². The molecule has 2 aromatic rings. The molecule has 5 nitrogen and oxygen atoms in total. The van der Waals surface area contributed by atoms with Gasteiger partial charge in [0.15, 0.2) is 0 Å². The van der Waals surface area contributed by atoms with Gasteiger partial charge in [-0.1, -0.05) is 19.9 Å². The van der Waals surface area contributed by atoms with Crippen molar-refractivity contribution >= 4 is 16.9 Å². The highest BCUT2D eigenvalue weighted by Gasteiger charge is 2.13. The summed E-state index contributed by atoms with van der Waals surface area (Å²) in [6.45, 7) is 7.07. The van der Waals surface area contributed by atoms with E-state index in [-0.39, 0.29) is 12.1 Å². The zero-order valence-electron chi connectivity index (χ0n) is 11.5. The lowest BCUT2D eigenvalue weighted by molar-refractivity contribution is 0.0934. The predicted octanol–water partition coefficient (Wildman–Crippen LogP) is 1.88. The number of benzene rings is 1. The van der Waals surface area contributed by atoms with Crippen LogP contribution in [0.3, 0.4) is 0 Å². The summed E-state index contributed by atoms with van der Waals surface area (Å²) in [5.74, 6) is 0.440. The van der Waals surface area contributed by atoms with Gasteiger partial charge in [-0.25, -0.2) is 4.98 Å². The van der Waals surface area contributed by atoms with E-state index >= 15 is 0 Å². The summed E-state index contributed by atoms with van der Waals surface area (Å²) in [5, 5.41) is 6.19. The standard InChI is InChI=1S/C14H20N4O/c1-9(2)7-15-10(3)18-14(19)11-5-4-6-12-13(11)17-8-16-12/h4-6,8-10,15H,7H2,1-3H3,(H,16,17)(H,18,19). The number of H-pyrrole nitrogens is 1. The van der Waals surface area contributed by atoms with Crippen molar-refractivity contribution in [2.45, 2.75) is 26.9 Å². The number of carbonyl (C=O) groups excluding carboxylic acids is 1. The van der Waals surface area contributed by atoms with Crippen LogP contribution in [-0.4, -0.2) is 28.6 Å². The maximum atomic E-state index is 12.2. The second-order valence-corrected chi connectivity index (χ2v) is 5.10. The van der Waals surface area contributed by atoms with Crippen LogP contribution in [0.5, 0.6) is 0 Å². The van der Waals surface area contributed by atoms with Gasteiger partial charge in [0.05, 0.1) is 23.6 Å². The fourth-order valence-corrected chi connectivity index (χ4v) is 1.89. The van der Waals surface area contributed by atoms with Crippen molar-refractivity contribution in [1.82, 2.24) is 20.6 Å². The molecule has 1 aromatic carbocycles. The Hall–Kier alpha value is -1.88. The lowest BCUT2D eigenvalue weighted by Crippen LogP contribution is -2.44. The van der Waals surface area contributed by atoms with Crippen molar-refractivity contribution in [2.75, 3.05) is 6.54 Å². The molecule has 0 aliphatic carbocycles. The minimum atomic E-state index is -0.110. The van der Waals surface area contributed by atoms with E-state index in [0.717, 1.165) is 12.1 Å². The number of carbonyl (C=O) groups is 1. The molecule has 0 aliphatic heterocycles. The monoisotopic (exact) mass is 260 g/mol. The Balaban J connectivity index is 2.05. The van der Waals surface area contributed by atoms with E-state index in [1.807, 2.05) is 19.1 Å². The molecule has 3 N–H and O–H groups in total. The van der Waals surface area contributed by atoms with Crippen molar-refractivity contribution in [3.05, 3.63) is 30.1 Å². The van der Waals surface area contributed by atoms with Crippen LogP contribution in [0, 0.1) is 5.92 Å². The van der Waals surface area contributed by atoms with Gasteiger partial charge >= 0.3 is 0 Å². The maximum Gasteiger partial charge on any atom is 0.254 e. The Morgan fingerprint density at radius 3 is 2.89 bits per heavy atom. The van der Waals surface area contributed by atoms with Gasteiger partial charge in [0, 0.05) is 0 Å². The molecule has 2 rings (SSSR count). The minimum absolute atomic E-state index is 0.0657. The normalized spacial score (nSPS) is 12.8. The zero-order chi connectivity index (χ0) is 13.8. The van der Waals surface area contributed by atoms with Crippen LogP contribution >= 0.6 is 0 Å². The average Bonchev–Trinajstić information content (AvgIpc) is 2.84. The van der Waals surface area contributed by atoms with Gasteiger partial charge in [-0.2, -0.15) is 0 Å². The Labute approximate surface area is 112 Å². The predicted molar refractivity (Wildman–Crippen MR) is 75.9 cm³/mol. The third-order valence-corrected chi connectivity index (χ3v) is 2.87. The van der Waals surface area contributed by atoms with Crippen molar-refractivity contribution < 1.29 is 4.79 Å². The molecule has 0 fully saturated rings. The summed E-state index contributed by atoms with van der Waals surface area (Å²) in [7, 11) is 0. The number of nitrogens with zero attached hydrogens (tertiary/aromatic N) is 1. The van der Waals surface area contributed by atoms with Crippen molar-refractivity contribution in [1.29, 1.82) is 0 Å². The molecule has 1 heterocycles. The highest BCUT2D eigenvalue weighted by atomic mass is 16.1. The summed E-state index contributed by atoms with van der Waals surface area (Å²) in [6.07, 6.45) is 1.53. The number of aromatic nitrogens is 2. The van der Waals surface area contributed by atoms with Crippen LogP contribution < -0.4 is 10.6 Å². The van der Waals surface area contributed by atoms with E-state index in [0.29, 0.717) is 17.0 Å². The van der Waals surface area contributed by atoms with Crippen LogP contribution in [0.1, 0.15) is 31.1 Å². The number of amides is 1. The first-order chi connectivity index (χ1) is 9.08. The maximum absolute atomic E-state index is 12.2. The molecule has 0 saturated carbocycles. The molecular formula is C14H20N4O. The first kappa shape index (κ1) is 13.5. The largest absolute Gasteiger partial charge is 0.345 e. The molecule has 0 bridgehead atoms. The van der Waals surface area contributed by atoms with Crippen LogP contribution in [0.2, 0.25) is 0 Å². The smallest absolute Gasteiger partial charge is 0.254 e. The number of hydrogen-bond donors (Lipinski definition) is 3. The number of rotatable bonds is 5. The summed E-state index contributed by atoms with van der Waals surface area (Å²) >= 11 is 0. The second kappa shape index (κ2) is 5.84. The molecule has 0 aliphatic rings. The van der Waals surface area contributed by atoms with Crippen molar-refractivity contribution in [3.8, 4) is 0 Å². The molecule has 102 valence electrons. The van der Waals surface area contributed by atoms with E-state index in [4.69, 9.17) is 0 Å². The highest BCUT2D eigenvalue weighted by molar-refractivity contribution is 6.04. The number of nitrogens with one attached hydrogen (secondary N) is 3. The second-order valence-electron chi connectivity index (χ2n) is 5.10. The van der Waals surface area contributed by atoms with E-state index in [1.54, 1.807) is 12.4 Å². The summed E-state index contributed by atoms with van der Waals surface area (Å²) in [6, 6.07) is 5.54. The fourth-order valence-electron chi connectivity index (χ4n) is 1.89. The summed E-state index contributed by atoms with van der Waals surface area (Å²) in [4.78, 5) is 19.4. The minimum Gasteiger partial charge on any atom is -0.345 e. The number of imidazole rings is 1. The van der Waals surface area contributed by atoms with Gasteiger partial charge in [-0.05, 0) is 31.5 Å². The van der Waals surface area contributed by atoms with Crippen molar-refractivity contribution in [2.24, 2.45) is 5.92 Å². The highest BCUT2D eigenvalue weighted by Crippen LogP contribution is 2.14. The Kier molecular flexibility index (Phi) is 4.16. The van der Waals surface area contributed by atoms with Crippen molar-refractivity contribution in [3.63, 3.8) is 0 Å². The molecule has 0 radical (unpaired) electrons. The molecule has 1 amide bonds. The Morgan fingerprint density at radius 2 is 2.16 bits per heavy atom. The molecular weight excluding hydrogens is 240 g/mol. The average molecular weight is 260 g/mol. The fraction of sp³-hybridized carbons (Fsp3) is 0.429. The molecule has 0 spiro atoms. The Bertz CT molecular complexity index is 561. The van der Waals surface area contributed by atoms with Crippen LogP contribution in [0.15, 0.2) is 24.5 Å². The van der Waals surface area contributed by atoms with E-state index in [9.17, 15) is 4.79 Å². The summed E-state index contributed by atoms with van der Waals surface area (Å²) in [5.41, 5.74) is 2.17. The first-order valence-electron chi connectivity index (χ1n) is 6.54. The Morgan fingerprint density at radius 1 is 1.37 bits per heavy atom. The van der Waals surface area contributed by atoms with Crippen LogP contribution in [0.25, 0.3) is 11.0 Å². The summed E-state index contributed by atoms with van der Waals surface area (Å²) < 4.78 is 0. The van der Waals surface area contributed by atoms with Crippen LogP contribution in [-0.2, 0) is 0 Å². The number of fused-ring (bicyclic) bond motifs is 1.